The minimum absolute atomic E-state index is 0.133. The van der Waals surface area contributed by atoms with Crippen molar-refractivity contribution in [1.29, 1.82) is 0 Å². The van der Waals surface area contributed by atoms with Crippen LogP contribution in [0.25, 0.3) is 0 Å². The van der Waals surface area contributed by atoms with Crippen molar-refractivity contribution in [2.45, 2.75) is 11.1 Å². The van der Waals surface area contributed by atoms with Gasteiger partial charge in [0.15, 0.2) is 0 Å². The number of carboxylic acid groups (broad SMARTS) is 1. The molecule has 6 heteroatoms. The van der Waals surface area contributed by atoms with E-state index in [4.69, 9.17) is 5.11 Å². The van der Waals surface area contributed by atoms with Crippen molar-refractivity contribution in [2.24, 2.45) is 5.92 Å². The number of carboxylic acids is 1. The molecular formula is C10H13NO3S2. The highest BCUT2D eigenvalue weighted by Gasteiger charge is 2.12. The summed E-state index contributed by atoms with van der Waals surface area (Å²) < 4.78 is 1.08. The molecule has 0 saturated heterocycles. The minimum Gasteiger partial charge on any atom is -0.481 e. The lowest BCUT2D eigenvalue weighted by molar-refractivity contribution is -0.141. The quantitative estimate of drug-likeness (QED) is 0.763. The summed E-state index contributed by atoms with van der Waals surface area (Å²) in [5.74, 6) is -1.25. The van der Waals surface area contributed by atoms with Crippen LogP contribution in [0, 0.1) is 5.92 Å². The number of carbonyl (C=O) groups is 2. The second-order valence-electron chi connectivity index (χ2n) is 3.26. The van der Waals surface area contributed by atoms with Crippen LogP contribution in [0.4, 0.5) is 0 Å². The molecule has 0 aromatic carbocycles. The topological polar surface area (TPSA) is 66.4 Å². The molecule has 16 heavy (non-hydrogen) atoms. The Bertz CT molecular complexity index is 351. The molecule has 0 spiro atoms. The number of rotatable bonds is 6. The van der Waals surface area contributed by atoms with Gasteiger partial charge < -0.3 is 10.4 Å². The summed E-state index contributed by atoms with van der Waals surface area (Å²) in [5, 5.41) is 13.2. The summed E-state index contributed by atoms with van der Waals surface area (Å²) in [6.07, 6.45) is 0. The maximum Gasteiger partial charge on any atom is 0.308 e. The molecule has 0 radical (unpaired) electrons. The summed E-state index contributed by atoms with van der Waals surface area (Å²) in [5.41, 5.74) is 0. The van der Waals surface area contributed by atoms with Gasteiger partial charge in [0.1, 0.15) is 0 Å². The average Bonchev–Trinajstić information content (AvgIpc) is 2.75. The Labute approximate surface area is 102 Å². The number of hydrogen-bond acceptors (Lipinski definition) is 4. The highest BCUT2D eigenvalue weighted by molar-refractivity contribution is 8.01. The molecule has 0 saturated carbocycles. The molecule has 0 bridgehead atoms. The zero-order valence-electron chi connectivity index (χ0n) is 8.80. The summed E-state index contributed by atoms with van der Waals surface area (Å²) >= 11 is 3.04. The molecule has 0 fully saturated rings. The first-order chi connectivity index (χ1) is 7.59. The molecule has 88 valence electrons. The molecule has 1 rings (SSSR count). The van der Waals surface area contributed by atoms with Crippen LogP contribution >= 0.6 is 23.1 Å². The molecule has 0 aliphatic carbocycles. The van der Waals surface area contributed by atoms with Crippen molar-refractivity contribution in [2.75, 3.05) is 12.3 Å². The van der Waals surface area contributed by atoms with Crippen molar-refractivity contribution in [3.8, 4) is 0 Å². The Morgan fingerprint density at radius 1 is 1.62 bits per heavy atom. The first kappa shape index (κ1) is 13.1. The Balaban J connectivity index is 2.19. The zero-order valence-corrected chi connectivity index (χ0v) is 10.4. The second-order valence-corrected chi connectivity index (χ2v) is 5.49. The Hall–Kier alpha value is -1.01. The summed E-state index contributed by atoms with van der Waals surface area (Å²) in [7, 11) is 0. The number of carbonyl (C=O) groups excluding carboxylic acids is 1. The molecule has 0 aliphatic rings. The van der Waals surface area contributed by atoms with E-state index in [2.05, 4.69) is 5.32 Å². The van der Waals surface area contributed by atoms with Gasteiger partial charge in [0.2, 0.25) is 5.91 Å². The maximum absolute atomic E-state index is 11.3. The van der Waals surface area contributed by atoms with E-state index in [9.17, 15) is 9.59 Å². The van der Waals surface area contributed by atoms with Crippen molar-refractivity contribution >= 4 is 35.0 Å². The predicted octanol–water partition coefficient (Wildman–Crippen LogP) is 1.68. The normalized spacial score (nSPS) is 12.1. The number of amides is 1. The van der Waals surface area contributed by atoms with E-state index < -0.39 is 11.9 Å². The van der Waals surface area contributed by atoms with Crippen molar-refractivity contribution in [3.05, 3.63) is 17.5 Å². The number of thioether (sulfide) groups is 1. The van der Waals surface area contributed by atoms with Crippen LogP contribution in [0.1, 0.15) is 6.92 Å². The van der Waals surface area contributed by atoms with Crippen molar-refractivity contribution in [3.63, 3.8) is 0 Å². The van der Waals surface area contributed by atoms with Gasteiger partial charge in [-0.3, -0.25) is 9.59 Å². The minimum atomic E-state index is -0.897. The molecule has 4 nitrogen and oxygen atoms in total. The lowest BCUT2D eigenvalue weighted by Gasteiger charge is -2.07. The van der Waals surface area contributed by atoms with Gasteiger partial charge >= 0.3 is 5.97 Å². The lowest BCUT2D eigenvalue weighted by atomic mass is 10.2. The predicted molar refractivity (Wildman–Crippen MR) is 64.9 cm³/mol. The highest BCUT2D eigenvalue weighted by atomic mass is 32.2. The Morgan fingerprint density at radius 3 is 2.94 bits per heavy atom. The lowest BCUT2D eigenvalue weighted by Crippen LogP contribution is -2.32. The van der Waals surface area contributed by atoms with Gasteiger partial charge in [0.25, 0.3) is 0 Å². The van der Waals surface area contributed by atoms with Crippen LogP contribution in [0.5, 0.6) is 0 Å². The van der Waals surface area contributed by atoms with Gasteiger partial charge in [-0.2, -0.15) is 0 Å². The third-order valence-corrected chi connectivity index (χ3v) is 4.00. The number of aliphatic carboxylic acids is 1. The molecule has 1 aromatic rings. The smallest absolute Gasteiger partial charge is 0.308 e. The van der Waals surface area contributed by atoms with Gasteiger partial charge in [-0.25, -0.2) is 0 Å². The fraction of sp³-hybridized carbons (Fsp3) is 0.400. The van der Waals surface area contributed by atoms with E-state index in [1.807, 2.05) is 17.5 Å². The van der Waals surface area contributed by atoms with E-state index in [1.54, 1.807) is 18.3 Å². The molecule has 0 aliphatic heterocycles. The van der Waals surface area contributed by atoms with E-state index in [0.29, 0.717) is 5.75 Å². The number of hydrogen-bond donors (Lipinski definition) is 2. The molecule has 2 N–H and O–H groups in total. The third-order valence-electron chi connectivity index (χ3n) is 1.87. The zero-order chi connectivity index (χ0) is 12.0. The SMILES string of the molecule is CC(CNC(=O)CSc1cccs1)C(=O)O. The second kappa shape index (κ2) is 6.55. The van der Waals surface area contributed by atoms with Crippen LogP contribution < -0.4 is 5.32 Å². The van der Waals surface area contributed by atoms with Crippen molar-refractivity contribution < 1.29 is 14.7 Å². The van der Waals surface area contributed by atoms with Crippen LogP contribution in [-0.2, 0) is 9.59 Å². The van der Waals surface area contributed by atoms with Gasteiger partial charge in [-0.15, -0.1) is 23.1 Å². The number of thiophene rings is 1. The van der Waals surface area contributed by atoms with Crippen LogP contribution in [0.15, 0.2) is 21.7 Å². The first-order valence-electron chi connectivity index (χ1n) is 4.75. The van der Waals surface area contributed by atoms with Gasteiger partial charge in [-0.05, 0) is 11.4 Å². The molecule has 1 unspecified atom stereocenters. The Morgan fingerprint density at radius 2 is 2.38 bits per heavy atom. The van der Waals surface area contributed by atoms with E-state index in [1.165, 1.54) is 11.8 Å². The van der Waals surface area contributed by atoms with E-state index in [0.717, 1.165) is 4.21 Å². The Kier molecular flexibility index (Phi) is 5.34. The van der Waals surface area contributed by atoms with Gasteiger partial charge in [0.05, 0.1) is 15.9 Å². The van der Waals surface area contributed by atoms with Crippen LogP contribution in [0.2, 0.25) is 0 Å². The summed E-state index contributed by atoms with van der Waals surface area (Å²) in [6.45, 7) is 1.74. The number of nitrogens with one attached hydrogen (secondary N) is 1. The molecular weight excluding hydrogens is 246 g/mol. The molecule has 1 heterocycles. The molecule has 1 aromatic heterocycles. The molecule has 1 amide bonds. The van der Waals surface area contributed by atoms with Crippen molar-refractivity contribution in [1.82, 2.24) is 5.32 Å². The highest BCUT2D eigenvalue weighted by Crippen LogP contribution is 2.22. The standard InChI is InChI=1S/C10H13NO3S2/c1-7(10(13)14)5-11-8(12)6-16-9-3-2-4-15-9/h2-4,7H,5-6H2,1H3,(H,11,12)(H,13,14). The fourth-order valence-corrected chi connectivity index (χ4v) is 2.50. The maximum atomic E-state index is 11.3. The van der Waals surface area contributed by atoms with E-state index >= 15 is 0 Å². The van der Waals surface area contributed by atoms with Gasteiger partial charge in [0, 0.05) is 6.54 Å². The first-order valence-corrected chi connectivity index (χ1v) is 6.62. The van der Waals surface area contributed by atoms with Crippen LogP contribution in [-0.4, -0.2) is 29.3 Å². The van der Waals surface area contributed by atoms with Crippen LogP contribution in [0.3, 0.4) is 0 Å². The molecule has 1 atom stereocenters. The summed E-state index contributed by atoms with van der Waals surface area (Å²) in [6, 6.07) is 3.87. The largest absolute Gasteiger partial charge is 0.481 e. The van der Waals surface area contributed by atoms with Gasteiger partial charge in [-0.1, -0.05) is 13.0 Å². The summed E-state index contributed by atoms with van der Waals surface area (Å²) in [4.78, 5) is 21.8. The van der Waals surface area contributed by atoms with E-state index in [-0.39, 0.29) is 12.5 Å². The third kappa shape index (κ3) is 4.67. The fourth-order valence-electron chi connectivity index (χ4n) is 0.888. The average molecular weight is 259 g/mol. The monoisotopic (exact) mass is 259 g/mol.